The summed E-state index contributed by atoms with van der Waals surface area (Å²) in [5, 5.41) is 8.95. The van der Waals surface area contributed by atoms with Gasteiger partial charge in [-0.1, -0.05) is 41.9 Å². The monoisotopic (exact) mass is 325 g/mol. The average Bonchev–Trinajstić information content (AvgIpc) is 2.46. The Balaban J connectivity index is 2.24. The Hall–Kier alpha value is -1.89. The van der Waals surface area contributed by atoms with E-state index in [1.807, 2.05) is 6.07 Å². The molecule has 110 valence electrons. The van der Waals surface area contributed by atoms with Crippen LogP contribution >= 0.6 is 11.6 Å². The van der Waals surface area contributed by atoms with Crippen LogP contribution in [0.25, 0.3) is 0 Å². The minimum absolute atomic E-state index is 0.00971. The van der Waals surface area contributed by atoms with Crippen molar-refractivity contribution in [3.05, 3.63) is 64.7 Å². The molecule has 0 amide bonds. The van der Waals surface area contributed by atoms with Crippen molar-refractivity contribution in [1.29, 1.82) is 0 Å². The molecule has 0 atom stereocenters. The Morgan fingerprint density at radius 3 is 2.43 bits per heavy atom. The van der Waals surface area contributed by atoms with Gasteiger partial charge in [-0.2, -0.15) is 0 Å². The van der Waals surface area contributed by atoms with Gasteiger partial charge in [0.2, 0.25) is 10.0 Å². The van der Waals surface area contributed by atoms with Crippen molar-refractivity contribution < 1.29 is 18.3 Å². The van der Waals surface area contributed by atoms with E-state index >= 15 is 0 Å². The summed E-state index contributed by atoms with van der Waals surface area (Å²) in [6.45, 7) is 0.119. The number of nitrogens with one attached hydrogen (secondary N) is 1. The lowest BCUT2D eigenvalue weighted by molar-refractivity contribution is 0.0697. The van der Waals surface area contributed by atoms with Crippen LogP contribution in [0.1, 0.15) is 15.9 Å². The van der Waals surface area contributed by atoms with Crippen LogP contribution in [0.2, 0.25) is 5.02 Å². The molecule has 0 unspecified atom stereocenters. The molecule has 0 aliphatic heterocycles. The molecule has 2 N–H and O–H groups in total. The fourth-order valence-corrected chi connectivity index (χ4v) is 2.93. The molecule has 0 heterocycles. The van der Waals surface area contributed by atoms with Gasteiger partial charge in [0.15, 0.2) is 0 Å². The lowest BCUT2D eigenvalue weighted by Crippen LogP contribution is -2.23. The first-order chi connectivity index (χ1) is 9.90. The van der Waals surface area contributed by atoms with Crippen LogP contribution in [0.5, 0.6) is 0 Å². The van der Waals surface area contributed by atoms with Crippen LogP contribution in [0.3, 0.4) is 0 Å². The van der Waals surface area contributed by atoms with Crippen LogP contribution in [-0.4, -0.2) is 19.5 Å². The van der Waals surface area contributed by atoms with E-state index in [-0.39, 0.29) is 22.0 Å². The van der Waals surface area contributed by atoms with Gasteiger partial charge in [-0.15, -0.1) is 0 Å². The highest BCUT2D eigenvalue weighted by molar-refractivity contribution is 7.89. The topological polar surface area (TPSA) is 83.5 Å². The van der Waals surface area contributed by atoms with Gasteiger partial charge in [0, 0.05) is 6.54 Å². The molecule has 5 nitrogen and oxygen atoms in total. The van der Waals surface area contributed by atoms with Gasteiger partial charge in [-0.05, 0) is 23.8 Å². The number of sulfonamides is 1. The largest absolute Gasteiger partial charge is 0.478 e. The number of benzene rings is 2. The molecule has 2 aromatic rings. The molecule has 7 heteroatoms. The van der Waals surface area contributed by atoms with Crippen molar-refractivity contribution in [3.8, 4) is 0 Å². The van der Waals surface area contributed by atoms with Crippen LogP contribution in [0.15, 0.2) is 53.4 Å². The Labute approximate surface area is 127 Å². The minimum atomic E-state index is -3.80. The lowest BCUT2D eigenvalue weighted by atomic mass is 10.2. The Morgan fingerprint density at radius 2 is 1.81 bits per heavy atom. The molecule has 2 aromatic carbocycles. The number of hydrogen-bond acceptors (Lipinski definition) is 3. The lowest BCUT2D eigenvalue weighted by Gasteiger charge is -2.08. The maximum Gasteiger partial charge on any atom is 0.337 e. The fraction of sp³-hybridized carbons (Fsp3) is 0.0714. The predicted octanol–water partition coefficient (Wildman–Crippen LogP) is 2.52. The molecular formula is C14H12ClNO4S. The van der Waals surface area contributed by atoms with Crippen molar-refractivity contribution >= 4 is 27.6 Å². The van der Waals surface area contributed by atoms with Gasteiger partial charge >= 0.3 is 5.97 Å². The third kappa shape index (κ3) is 3.81. The van der Waals surface area contributed by atoms with Gasteiger partial charge in [-0.3, -0.25) is 0 Å². The third-order valence-electron chi connectivity index (χ3n) is 2.79. The summed E-state index contributed by atoms with van der Waals surface area (Å²) in [6.07, 6.45) is 0. The zero-order valence-corrected chi connectivity index (χ0v) is 12.4. The number of hydrogen-bond donors (Lipinski definition) is 2. The molecule has 0 aromatic heterocycles. The molecule has 2 rings (SSSR count). The van der Waals surface area contributed by atoms with E-state index in [0.29, 0.717) is 0 Å². The van der Waals surface area contributed by atoms with E-state index in [0.717, 1.165) is 11.6 Å². The van der Waals surface area contributed by atoms with Gasteiger partial charge < -0.3 is 5.11 Å². The zero-order valence-electron chi connectivity index (χ0n) is 10.8. The number of carboxylic acids is 1. The molecule has 0 bridgehead atoms. The van der Waals surface area contributed by atoms with E-state index < -0.39 is 16.0 Å². The van der Waals surface area contributed by atoms with E-state index in [2.05, 4.69) is 4.72 Å². The normalized spacial score (nSPS) is 11.3. The first-order valence-electron chi connectivity index (χ1n) is 5.96. The second kappa shape index (κ2) is 6.26. The summed E-state index contributed by atoms with van der Waals surface area (Å²) >= 11 is 5.72. The van der Waals surface area contributed by atoms with Gasteiger partial charge in [0.25, 0.3) is 0 Å². The van der Waals surface area contributed by atoms with E-state index in [4.69, 9.17) is 16.7 Å². The molecule has 0 saturated carbocycles. The van der Waals surface area contributed by atoms with Gasteiger partial charge in [0.1, 0.15) is 0 Å². The minimum Gasteiger partial charge on any atom is -0.478 e. The third-order valence-corrected chi connectivity index (χ3v) is 4.52. The van der Waals surface area contributed by atoms with E-state index in [1.165, 1.54) is 12.1 Å². The number of aromatic carboxylic acids is 1. The van der Waals surface area contributed by atoms with Crippen molar-refractivity contribution in [2.45, 2.75) is 11.4 Å². The molecule has 0 fully saturated rings. The number of rotatable bonds is 5. The van der Waals surface area contributed by atoms with Crippen molar-refractivity contribution in [2.75, 3.05) is 0 Å². The molecular weight excluding hydrogens is 314 g/mol. The molecule has 0 aliphatic rings. The average molecular weight is 326 g/mol. The summed E-state index contributed by atoms with van der Waals surface area (Å²) in [6, 6.07) is 12.6. The highest BCUT2D eigenvalue weighted by atomic mass is 35.5. The van der Waals surface area contributed by atoms with Crippen molar-refractivity contribution in [2.24, 2.45) is 0 Å². The first-order valence-corrected chi connectivity index (χ1v) is 7.83. The number of carboxylic acid groups (broad SMARTS) is 1. The zero-order chi connectivity index (χ0) is 15.5. The van der Waals surface area contributed by atoms with E-state index in [1.54, 1.807) is 24.3 Å². The molecule has 0 spiro atoms. The maximum atomic E-state index is 12.1. The fourth-order valence-electron chi connectivity index (χ4n) is 1.69. The van der Waals surface area contributed by atoms with E-state index in [9.17, 15) is 13.2 Å². The Bertz CT molecular complexity index is 760. The highest BCUT2D eigenvalue weighted by Gasteiger charge is 2.18. The van der Waals surface area contributed by atoms with Crippen molar-refractivity contribution in [1.82, 2.24) is 4.72 Å². The van der Waals surface area contributed by atoms with Crippen molar-refractivity contribution in [3.63, 3.8) is 0 Å². The summed E-state index contributed by atoms with van der Waals surface area (Å²) < 4.78 is 26.7. The quantitative estimate of drug-likeness (QED) is 0.884. The summed E-state index contributed by atoms with van der Waals surface area (Å²) in [5.41, 5.74) is 0.549. The Kier molecular flexibility index (Phi) is 4.62. The summed E-state index contributed by atoms with van der Waals surface area (Å²) in [7, 11) is -3.80. The number of halogens is 1. The number of carbonyl (C=O) groups is 1. The SMILES string of the molecule is O=C(O)c1cc(S(=O)(=O)NCc2ccccc2)ccc1Cl. The van der Waals surface area contributed by atoms with Crippen LogP contribution < -0.4 is 4.72 Å². The summed E-state index contributed by atoms with van der Waals surface area (Å²) in [4.78, 5) is 10.8. The molecule has 0 saturated heterocycles. The van der Waals surface area contributed by atoms with Gasteiger partial charge in [0.05, 0.1) is 15.5 Å². The van der Waals surface area contributed by atoms with Gasteiger partial charge in [-0.25, -0.2) is 17.9 Å². The van der Waals surface area contributed by atoms with Crippen LogP contribution in [0.4, 0.5) is 0 Å². The van der Waals surface area contributed by atoms with Crippen LogP contribution in [0, 0.1) is 0 Å². The maximum absolute atomic E-state index is 12.1. The second-order valence-electron chi connectivity index (χ2n) is 4.26. The van der Waals surface area contributed by atoms with Crippen LogP contribution in [-0.2, 0) is 16.6 Å². The Morgan fingerprint density at radius 1 is 1.14 bits per heavy atom. The first kappa shape index (κ1) is 15.5. The molecule has 0 radical (unpaired) electrons. The summed E-state index contributed by atoms with van der Waals surface area (Å²) in [5.74, 6) is -1.28. The highest BCUT2D eigenvalue weighted by Crippen LogP contribution is 2.20. The second-order valence-corrected chi connectivity index (χ2v) is 6.43. The standard InChI is InChI=1S/C14H12ClNO4S/c15-13-7-6-11(8-12(13)14(17)18)21(19,20)16-9-10-4-2-1-3-5-10/h1-8,16H,9H2,(H,17,18). The molecule has 0 aliphatic carbocycles. The predicted molar refractivity (Wildman–Crippen MR) is 78.9 cm³/mol. The molecule has 21 heavy (non-hydrogen) atoms. The smallest absolute Gasteiger partial charge is 0.337 e.